The van der Waals surface area contributed by atoms with Crippen LogP contribution in [0.3, 0.4) is 0 Å². The molecule has 0 bridgehead atoms. The number of benzene rings is 2. The predicted octanol–water partition coefficient (Wildman–Crippen LogP) is 1.44. The maximum Gasteiger partial charge on any atom is 0.316 e. The Hall–Kier alpha value is -2.79. The van der Waals surface area contributed by atoms with Crippen molar-refractivity contribution >= 4 is 22.9 Å². The molecule has 0 aliphatic carbocycles. The van der Waals surface area contributed by atoms with E-state index in [4.69, 9.17) is 5.11 Å². The summed E-state index contributed by atoms with van der Waals surface area (Å²) in [7, 11) is 0. The molecule has 0 aliphatic rings. The number of hydrazine groups is 1. The van der Waals surface area contributed by atoms with Crippen LogP contribution >= 0.6 is 11.8 Å². The summed E-state index contributed by atoms with van der Waals surface area (Å²) in [5, 5.41) is 48.2. The number of phenolic OH excluding ortho intramolecular Hbond substituents is 2. The number of aliphatic hydroxyl groups excluding tert-OH is 2. The number of aliphatic imine (C=N–C) groups is 1. The van der Waals surface area contributed by atoms with Crippen molar-refractivity contribution in [2.45, 2.75) is 24.6 Å². The number of carboxylic acid groups (broad SMARTS) is 1. The molecule has 0 fully saturated rings. The monoisotopic (exact) mass is 407 g/mol. The number of aliphatic carboxylic acids is 1. The van der Waals surface area contributed by atoms with E-state index in [1.165, 1.54) is 31.2 Å². The van der Waals surface area contributed by atoms with E-state index in [2.05, 4.69) is 15.8 Å². The Morgan fingerprint density at radius 2 is 1.54 bits per heavy atom. The highest BCUT2D eigenvalue weighted by Gasteiger charge is 2.19. The number of carboxylic acids is 1. The molecule has 2 aromatic carbocycles. The first-order valence-electron chi connectivity index (χ1n) is 8.20. The molecule has 0 spiro atoms. The van der Waals surface area contributed by atoms with E-state index in [9.17, 15) is 25.2 Å². The molecule has 0 aliphatic heterocycles. The summed E-state index contributed by atoms with van der Waals surface area (Å²) in [6.45, 7) is 1.43. The van der Waals surface area contributed by atoms with E-state index in [0.29, 0.717) is 0 Å². The van der Waals surface area contributed by atoms with Crippen molar-refractivity contribution in [2.75, 3.05) is 0 Å². The number of nitrogens with one attached hydrogen (secondary N) is 2. The van der Waals surface area contributed by atoms with Gasteiger partial charge in [-0.1, -0.05) is 48.2 Å². The molecule has 0 saturated heterocycles. The number of aliphatic hydroxyl groups is 2. The second-order valence-electron chi connectivity index (χ2n) is 5.70. The summed E-state index contributed by atoms with van der Waals surface area (Å²) in [4.78, 5) is 15.1. The van der Waals surface area contributed by atoms with E-state index >= 15 is 0 Å². The second kappa shape index (κ2) is 9.95. The fourth-order valence-electron chi connectivity index (χ4n) is 2.12. The molecule has 3 unspecified atom stereocenters. The third-order valence-corrected chi connectivity index (χ3v) is 4.62. The number of aromatic hydroxyl groups is 2. The fraction of sp³-hybridized carbons (Fsp3) is 0.222. The van der Waals surface area contributed by atoms with Crippen LogP contribution < -0.4 is 10.9 Å². The van der Waals surface area contributed by atoms with Crippen LogP contribution in [0.2, 0.25) is 0 Å². The highest BCUT2D eigenvalue weighted by Crippen LogP contribution is 2.26. The fourth-order valence-corrected chi connectivity index (χ4v) is 2.84. The summed E-state index contributed by atoms with van der Waals surface area (Å²) in [5.41, 5.74) is 5.35. The quantitative estimate of drug-likeness (QED) is 0.156. The van der Waals surface area contributed by atoms with Gasteiger partial charge >= 0.3 is 5.97 Å². The molecular weight excluding hydrogens is 386 g/mol. The Kier molecular flexibility index (Phi) is 7.64. The number of para-hydroxylation sites is 2. The molecule has 9 nitrogen and oxygen atoms in total. The molecule has 7 N–H and O–H groups in total. The number of thioether (sulfide) groups is 1. The van der Waals surface area contributed by atoms with Crippen LogP contribution in [0.1, 0.15) is 30.5 Å². The Morgan fingerprint density at radius 3 is 2.07 bits per heavy atom. The number of hydrogen-bond acceptors (Lipinski definition) is 8. The van der Waals surface area contributed by atoms with Crippen molar-refractivity contribution in [1.82, 2.24) is 10.9 Å². The van der Waals surface area contributed by atoms with Gasteiger partial charge in [-0.15, -0.1) is 0 Å². The Balaban J connectivity index is 2.18. The first-order chi connectivity index (χ1) is 13.3. The van der Waals surface area contributed by atoms with Crippen molar-refractivity contribution < 1.29 is 30.3 Å². The number of nitrogens with zero attached hydrogens (tertiary/aromatic N) is 1. The van der Waals surface area contributed by atoms with Gasteiger partial charge in [-0.3, -0.25) is 10.2 Å². The maximum absolute atomic E-state index is 11.1. The molecule has 28 heavy (non-hydrogen) atoms. The number of phenols is 2. The Morgan fingerprint density at radius 1 is 1.00 bits per heavy atom. The Labute approximate surface area is 165 Å². The summed E-state index contributed by atoms with van der Waals surface area (Å²) < 4.78 is 0. The zero-order valence-corrected chi connectivity index (χ0v) is 15.7. The van der Waals surface area contributed by atoms with Crippen molar-refractivity contribution in [3.05, 3.63) is 59.7 Å². The zero-order chi connectivity index (χ0) is 20.7. The average molecular weight is 407 g/mol. The van der Waals surface area contributed by atoms with Gasteiger partial charge < -0.3 is 25.5 Å². The molecule has 2 aromatic rings. The molecular formula is C18H21N3O6S. The third-order valence-electron chi connectivity index (χ3n) is 3.64. The van der Waals surface area contributed by atoms with Crippen LogP contribution in [0.4, 0.5) is 0 Å². The number of hydrogen-bond donors (Lipinski definition) is 7. The number of carbonyl (C=O) groups is 1. The standard InChI is InChI=1S/C18H21N3O6S/c1-10(17(26)27)28-18(19-15(24)11-6-2-4-8-13(11)22)21-20-16(25)12-7-3-5-9-14(12)23/h2-10,15-16,20,22-25H,1H3,(H,19,21)(H,26,27). The maximum atomic E-state index is 11.1. The summed E-state index contributed by atoms with van der Waals surface area (Å²) in [6, 6.07) is 12.2. The minimum absolute atomic E-state index is 0.0416. The lowest BCUT2D eigenvalue weighted by molar-refractivity contribution is -0.136. The predicted molar refractivity (Wildman–Crippen MR) is 105 cm³/mol. The minimum atomic E-state index is -1.47. The van der Waals surface area contributed by atoms with Crippen molar-refractivity contribution in [3.8, 4) is 11.5 Å². The number of rotatable bonds is 7. The topological polar surface area (TPSA) is 155 Å². The highest BCUT2D eigenvalue weighted by atomic mass is 32.2. The van der Waals surface area contributed by atoms with Crippen molar-refractivity contribution in [2.24, 2.45) is 4.99 Å². The zero-order valence-electron chi connectivity index (χ0n) is 14.9. The van der Waals surface area contributed by atoms with Crippen LogP contribution in [-0.2, 0) is 4.79 Å². The van der Waals surface area contributed by atoms with Gasteiger partial charge in [0, 0.05) is 11.1 Å². The SMILES string of the molecule is CC(S/C(=N/C(O)c1ccccc1O)NNC(O)c1ccccc1O)C(=O)O. The van der Waals surface area contributed by atoms with Gasteiger partial charge in [-0.25, -0.2) is 10.4 Å². The summed E-state index contributed by atoms with van der Waals surface area (Å²) in [6.07, 6.45) is -2.81. The molecule has 0 amide bonds. The molecule has 10 heteroatoms. The molecule has 0 heterocycles. The smallest absolute Gasteiger partial charge is 0.316 e. The van der Waals surface area contributed by atoms with Crippen LogP contribution in [0, 0.1) is 0 Å². The molecule has 0 aromatic heterocycles. The lowest BCUT2D eigenvalue weighted by atomic mass is 10.2. The normalized spacial score (nSPS) is 14.9. The van der Waals surface area contributed by atoms with E-state index in [0.717, 1.165) is 11.8 Å². The van der Waals surface area contributed by atoms with E-state index < -0.39 is 23.7 Å². The third kappa shape index (κ3) is 5.86. The Bertz CT molecular complexity index is 848. The van der Waals surface area contributed by atoms with Gasteiger partial charge in [-0.2, -0.15) is 0 Å². The van der Waals surface area contributed by atoms with Gasteiger partial charge in [0.05, 0.1) is 0 Å². The molecule has 2 rings (SSSR count). The number of amidine groups is 1. The van der Waals surface area contributed by atoms with Gasteiger partial charge in [0.1, 0.15) is 16.7 Å². The van der Waals surface area contributed by atoms with Gasteiger partial charge in [0.15, 0.2) is 17.6 Å². The molecule has 150 valence electrons. The second-order valence-corrected chi connectivity index (χ2v) is 7.03. The first-order valence-corrected chi connectivity index (χ1v) is 9.08. The highest BCUT2D eigenvalue weighted by molar-refractivity contribution is 8.14. The van der Waals surface area contributed by atoms with E-state index in [-0.39, 0.29) is 27.8 Å². The first kappa shape index (κ1) is 21.5. The van der Waals surface area contributed by atoms with Crippen LogP contribution in [0.15, 0.2) is 53.5 Å². The van der Waals surface area contributed by atoms with Gasteiger partial charge in [-0.05, 0) is 19.1 Å². The van der Waals surface area contributed by atoms with Crippen molar-refractivity contribution in [3.63, 3.8) is 0 Å². The average Bonchev–Trinajstić information content (AvgIpc) is 2.66. The minimum Gasteiger partial charge on any atom is -0.508 e. The lowest BCUT2D eigenvalue weighted by Crippen LogP contribution is -2.40. The lowest BCUT2D eigenvalue weighted by Gasteiger charge is -2.19. The van der Waals surface area contributed by atoms with Crippen LogP contribution in [0.5, 0.6) is 11.5 Å². The van der Waals surface area contributed by atoms with Gasteiger partial charge in [0.2, 0.25) is 0 Å². The summed E-state index contributed by atoms with van der Waals surface area (Å²) in [5.74, 6) is -1.40. The van der Waals surface area contributed by atoms with E-state index in [1.54, 1.807) is 24.3 Å². The molecule has 0 saturated carbocycles. The van der Waals surface area contributed by atoms with E-state index in [1.807, 2.05) is 0 Å². The van der Waals surface area contributed by atoms with Crippen LogP contribution in [0.25, 0.3) is 0 Å². The largest absolute Gasteiger partial charge is 0.508 e. The van der Waals surface area contributed by atoms with Crippen molar-refractivity contribution in [1.29, 1.82) is 0 Å². The van der Waals surface area contributed by atoms with Crippen LogP contribution in [-0.4, -0.2) is 41.9 Å². The summed E-state index contributed by atoms with van der Waals surface area (Å²) >= 11 is 0.785. The molecule has 0 radical (unpaired) electrons. The van der Waals surface area contributed by atoms with Gasteiger partial charge in [0.25, 0.3) is 0 Å². The molecule has 3 atom stereocenters.